The quantitative estimate of drug-likeness (QED) is 0.695. The molecular formula is C20H25N3O5S. The average molecular weight is 420 g/mol. The van der Waals surface area contributed by atoms with Gasteiger partial charge in [0.2, 0.25) is 5.91 Å². The molecule has 2 rings (SSSR count). The smallest absolute Gasteiger partial charge is 0.337 e. The fourth-order valence-corrected chi connectivity index (χ4v) is 3.73. The van der Waals surface area contributed by atoms with E-state index in [0.717, 1.165) is 19.7 Å². The minimum absolute atomic E-state index is 0.345. The number of methoxy groups -OCH3 is 1. The molecule has 0 heterocycles. The lowest BCUT2D eigenvalue weighted by atomic mass is 10.1. The summed E-state index contributed by atoms with van der Waals surface area (Å²) >= 11 is 0. The van der Waals surface area contributed by atoms with Gasteiger partial charge in [-0.2, -0.15) is 12.7 Å². The Morgan fingerprint density at radius 2 is 1.66 bits per heavy atom. The van der Waals surface area contributed by atoms with Gasteiger partial charge in [0, 0.05) is 19.8 Å². The predicted octanol–water partition coefficient (Wildman–Crippen LogP) is 2.34. The number of amides is 1. The molecule has 0 bridgehead atoms. The molecule has 29 heavy (non-hydrogen) atoms. The molecule has 8 nitrogen and oxygen atoms in total. The van der Waals surface area contributed by atoms with Crippen molar-refractivity contribution in [3.05, 3.63) is 59.2 Å². The van der Waals surface area contributed by atoms with Crippen molar-refractivity contribution in [1.82, 2.24) is 4.31 Å². The molecule has 0 aliphatic heterocycles. The van der Waals surface area contributed by atoms with Crippen LogP contribution in [0.15, 0.2) is 42.5 Å². The van der Waals surface area contributed by atoms with Crippen LogP contribution < -0.4 is 9.62 Å². The van der Waals surface area contributed by atoms with E-state index < -0.39 is 28.6 Å². The molecule has 0 unspecified atom stereocenters. The molecule has 0 aromatic heterocycles. The van der Waals surface area contributed by atoms with E-state index in [1.807, 2.05) is 19.1 Å². The number of carbonyl (C=O) groups excluding carboxylic acids is 2. The maximum atomic E-state index is 12.9. The Morgan fingerprint density at radius 1 is 1.03 bits per heavy atom. The number of hydrogen-bond acceptors (Lipinski definition) is 5. The van der Waals surface area contributed by atoms with Crippen LogP contribution in [0.5, 0.6) is 0 Å². The third-order valence-electron chi connectivity index (χ3n) is 4.25. The molecule has 156 valence electrons. The number of carbonyl (C=O) groups is 2. The first-order chi connectivity index (χ1) is 13.6. The van der Waals surface area contributed by atoms with Crippen LogP contribution in [0.25, 0.3) is 0 Å². The zero-order valence-electron chi connectivity index (χ0n) is 17.1. The molecule has 0 saturated heterocycles. The van der Waals surface area contributed by atoms with Crippen molar-refractivity contribution in [2.24, 2.45) is 0 Å². The summed E-state index contributed by atoms with van der Waals surface area (Å²) in [7, 11) is 0.215. The van der Waals surface area contributed by atoms with Crippen LogP contribution in [-0.4, -0.2) is 52.3 Å². The molecule has 0 spiro atoms. The van der Waals surface area contributed by atoms with Gasteiger partial charge in [0.1, 0.15) is 6.54 Å². The number of esters is 1. The highest BCUT2D eigenvalue weighted by molar-refractivity contribution is 7.90. The largest absolute Gasteiger partial charge is 0.465 e. The first-order valence-electron chi connectivity index (χ1n) is 8.82. The van der Waals surface area contributed by atoms with E-state index in [0.29, 0.717) is 16.9 Å². The fraction of sp³-hybridized carbons (Fsp3) is 0.300. The second-order valence-electron chi connectivity index (χ2n) is 6.70. The number of nitrogens with one attached hydrogen (secondary N) is 1. The fourth-order valence-electron chi connectivity index (χ4n) is 2.61. The second-order valence-corrected chi connectivity index (χ2v) is 8.77. The summed E-state index contributed by atoms with van der Waals surface area (Å²) in [5.74, 6) is -0.997. The summed E-state index contributed by atoms with van der Waals surface area (Å²) in [5.41, 5.74) is 2.83. The van der Waals surface area contributed by atoms with Crippen molar-refractivity contribution in [2.45, 2.75) is 13.8 Å². The highest BCUT2D eigenvalue weighted by Gasteiger charge is 2.28. The van der Waals surface area contributed by atoms with Gasteiger partial charge in [-0.1, -0.05) is 12.1 Å². The van der Waals surface area contributed by atoms with Crippen LogP contribution >= 0.6 is 0 Å². The highest BCUT2D eigenvalue weighted by atomic mass is 32.2. The van der Waals surface area contributed by atoms with Gasteiger partial charge < -0.3 is 10.1 Å². The van der Waals surface area contributed by atoms with Gasteiger partial charge in [-0.3, -0.25) is 4.79 Å². The van der Waals surface area contributed by atoms with Crippen molar-refractivity contribution in [2.75, 3.05) is 37.4 Å². The Bertz CT molecular complexity index is 1000. The lowest BCUT2D eigenvalue weighted by molar-refractivity contribution is -0.114. The number of hydrogen-bond donors (Lipinski definition) is 1. The van der Waals surface area contributed by atoms with E-state index in [-0.39, 0.29) is 0 Å². The third kappa shape index (κ3) is 5.33. The summed E-state index contributed by atoms with van der Waals surface area (Å²) in [4.78, 5) is 24.1. The van der Waals surface area contributed by atoms with Gasteiger partial charge in [0.05, 0.1) is 18.4 Å². The SMILES string of the molecule is COC(=O)c1ccc(NC(=O)CN(c2cc(C)ccc2C)S(=O)(=O)N(C)C)cc1. The Morgan fingerprint density at radius 3 is 2.21 bits per heavy atom. The van der Waals surface area contributed by atoms with Crippen LogP contribution in [0.4, 0.5) is 11.4 Å². The Hall–Kier alpha value is -2.91. The van der Waals surface area contributed by atoms with Gasteiger partial charge >= 0.3 is 16.2 Å². The lowest BCUT2D eigenvalue weighted by Gasteiger charge is -2.28. The van der Waals surface area contributed by atoms with Crippen molar-refractivity contribution in [3.63, 3.8) is 0 Å². The van der Waals surface area contributed by atoms with E-state index in [9.17, 15) is 18.0 Å². The van der Waals surface area contributed by atoms with E-state index in [1.165, 1.54) is 33.3 Å². The van der Waals surface area contributed by atoms with Gasteiger partial charge in [0.25, 0.3) is 0 Å². The maximum Gasteiger partial charge on any atom is 0.337 e. The molecule has 0 aliphatic rings. The number of aryl methyl sites for hydroxylation is 2. The molecule has 0 radical (unpaired) electrons. The van der Waals surface area contributed by atoms with Crippen LogP contribution in [0.2, 0.25) is 0 Å². The molecule has 1 N–H and O–H groups in total. The first-order valence-corrected chi connectivity index (χ1v) is 10.2. The molecule has 0 saturated carbocycles. The van der Waals surface area contributed by atoms with Crippen LogP contribution in [0.1, 0.15) is 21.5 Å². The van der Waals surface area contributed by atoms with Crippen LogP contribution in [-0.2, 0) is 19.7 Å². The van der Waals surface area contributed by atoms with Crippen molar-refractivity contribution < 1.29 is 22.7 Å². The third-order valence-corrected chi connectivity index (χ3v) is 6.06. The molecule has 9 heteroatoms. The molecule has 2 aromatic rings. The molecule has 0 atom stereocenters. The number of anilines is 2. The standard InChI is InChI=1S/C20H25N3O5S/c1-14-6-7-15(2)18(12-14)23(29(26,27)22(3)4)13-19(24)21-17-10-8-16(9-11-17)20(25)28-5/h6-12H,13H2,1-5H3,(H,21,24). The van der Waals surface area contributed by atoms with Crippen LogP contribution in [0.3, 0.4) is 0 Å². The molecule has 0 fully saturated rings. The topological polar surface area (TPSA) is 96.0 Å². The first kappa shape index (κ1) is 22.4. The summed E-state index contributed by atoms with van der Waals surface area (Å²) in [6, 6.07) is 11.5. The summed E-state index contributed by atoms with van der Waals surface area (Å²) in [6.07, 6.45) is 0. The van der Waals surface area contributed by atoms with Gasteiger partial charge in [-0.25, -0.2) is 9.10 Å². The normalized spacial score (nSPS) is 11.2. The Balaban J connectivity index is 2.28. The number of nitrogens with zero attached hydrogens (tertiary/aromatic N) is 2. The monoisotopic (exact) mass is 419 g/mol. The number of rotatable bonds is 7. The van der Waals surface area contributed by atoms with E-state index >= 15 is 0 Å². The maximum absolute atomic E-state index is 12.9. The van der Waals surface area contributed by atoms with E-state index in [1.54, 1.807) is 25.1 Å². The summed E-state index contributed by atoms with van der Waals surface area (Å²) < 4.78 is 32.5. The average Bonchev–Trinajstić information content (AvgIpc) is 2.68. The zero-order valence-corrected chi connectivity index (χ0v) is 17.9. The molecular weight excluding hydrogens is 394 g/mol. The molecule has 0 aliphatic carbocycles. The molecule has 2 aromatic carbocycles. The van der Waals surface area contributed by atoms with Gasteiger partial charge in [-0.15, -0.1) is 0 Å². The van der Waals surface area contributed by atoms with Crippen molar-refractivity contribution in [1.29, 1.82) is 0 Å². The summed E-state index contributed by atoms with van der Waals surface area (Å²) in [5, 5.41) is 2.66. The van der Waals surface area contributed by atoms with Gasteiger partial charge in [-0.05, 0) is 55.3 Å². The minimum Gasteiger partial charge on any atom is -0.465 e. The van der Waals surface area contributed by atoms with E-state index in [2.05, 4.69) is 10.1 Å². The molecule has 1 amide bonds. The summed E-state index contributed by atoms with van der Waals surface area (Å²) in [6.45, 7) is 3.24. The lowest BCUT2D eigenvalue weighted by Crippen LogP contribution is -2.44. The highest BCUT2D eigenvalue weighted by Crippen LogP contribution is 2.25. The zero-order chi connectivity index (χ0) is 21.8. The van der Waals surface area contributed by atoms with Gasteiger partial charge in [0.15, 0.2) is 0 Å². The number of ether oxygens (including phenoxy) is 1. The van der Waals surface area contributed by atoms with Crippen molar-refractivity contribution in [3.8, 4) is 0 Å². The minimum atomic E-state index is -3.90. The van der Waals surface area contributed by atoms with E-state index in [4.69, 9.17) is 0 Å². The number of benzene rings is 2. The van der Waals surface area contributed by atoms with Crippen LogP contribution in [0, 0.1) is 13.8 Å². The van der Waals surface area contributed by atoms with Crippen molar-refractivity contribution >= 4 is 33.5 Å². The predicted molar refractivity (Wildman–Crippen MR) is 112 cm³/mol. The second kappa shape index (κ2) is 9.06. The Kier molecular flexibility index (Phi) is 6.99. The Labute approximate surface area is 171 Å².